The van der Waals surface area contributed by atoms with Crippen molar-refractivity contribution in [3.63, 3.8) is 0 Å². The van der Waals surface area contributed by atoms with Gasteiger partial charge in [-0.3, -0.25) is 9.59 Å². The number of piperazine rings is 1. The van der Waals surface area contributed by atoms with Crippen molar-refractivity contribution in [3.05, 3.63) is 28.7 Å². The van der Waals surface area contributed by atoms with E-state index in [4.69, 9.17) is 4.74 Å². The number of hydrogen-bond donors (Lipinski definition) is 1. The van der Waals surface area contributed by atoms with Crippen LogP contribution in [-0.2, 0) is 11.3 Å². The highest BCUT2D eigenvalue weighted by atomic mass is 16.5. The van der Waals surface area contributed by atoms with Crippen LogP contribution in [0.4, 0.5) is 0 Å². The van der Waals surface area contributed by atoms with E-state index in [1.54, 1.807) is 22.9 Å². The zero-order chi connectivity index (χ0) is 15.1. The normalized spacial score (nSPS) is 15.0. The first-order valence-corrected chi connectivity index (χ1v) is 7.53. The monoisotopic (exact) mass is 293 g/mol. The lowest BCUT2D eigenvalue weighted by atomic mass is 10.3. The number of aryl methyl sites for hydroxylation is 1. The first kappa shape index (κ1) is 15.6. The second-order valence-electron chi connectivity index (χ2n) is 5.10. The van der Waals surface area contributed by atoms with Crippen LogP contribution in [0.1, 0.15) is 19.8 Å². The lowest BCUT2D eigenvalue weighted by Gasteiger charge is -2.27. The molecule has 0 spiro atoms. The Labute approximate surface area is 124 Å². The Morgan fingerprint density at radius 1 is 1.38 bits per heavy atom. The Bertz CT molecular complexity index is 521. The summed E-state index contributed by atoms with van der Waals surface area (Å²) in [5, 5.41) is 3.21. The molecule has 116 valence electrons. The number of nitrogens with one attached hydrogen (secondary N) is 1. The number of ether oxygens (including phenoxy) is 1. The fraction of sp³-hybridized carbons (Fsp3) is 0.600. The van der Waals surface area contributed by atoms with Crippen LogP contribution in [0.15, 0.2) is 23.1 Å². The van der Waals surface area contributed by atoms with Crippen molar-refractivity contribution < 1.29 is 9.53 Å². The fourth-order valence-electron chi connectivity index (χ4n) is 2.30. The van der Waals surface area contributed by atoms with E-state index in [0.717, 1.165) is 32.6 Å². The van der Waals surface area contributed by atoms with Crippen molar-refractivity contribution in [2.24, 2.45) is 0 Å². The first-order valence-electron chi connectivity index (χ1n) is 7.53. The third-order valence-corrected chi connectivity index (χ3v) is 3.48. The molecule has 1 amide bonds. The molecule has 1 aliphatic rings. The molecular weight excluding hydrogens is 270 g/mol. The summed E-state index contributed by atoms with van der Waals surface area (Å²) >= 11 is 0. The summed E-state index contributed by atoms with van der Waals surface area (Å²) in [4.78, 5) is 26.1. The molecular formula is C15H23N3O3. The third-order valence-electron chi connectivity index (χ3n) is 3.48. The maximum Gasteiger partial charge on any atom is 0.292 e. The van der Waals surface area contributed by atoms with E-state index < -0.39 is 0 Å². The Morgan fingerprint density at radius 3 is 2.86 bits per heavy atom. The Morgan fingerprint density at radius 2 is 2.14 bits per heavy atom. The minimum Gasteiger partial charge on any atom is -0.488 e. The summed E-state index contributed by atoms with van der Waals surface area (Å²) in [5.74, 6) is 0.456. The quantitative estimate of drug-likeness (QED) is 0.827. The number of carbonyl (C=O) groups excluding carboxylic acids is 1. The predicted molar refractivity (Wildman–Crippen MR) is 80.6 cm³/mol. The minimum atomic E-state index is -0.168. The van der Waals surface area contributed by atoms with E-state index in [1.807, 2.05) is 11.8 Å². The van der Waals surface area contributed by atoms with Crippen molar-refractivity contribution in [3.8, 4) is 5.75 Å². The molecule has 2 heterocycles. The summed E-state index contributed by atoms with van der Waals surface area (Å²) in [6, 6.07) is 3.45. The lowest BCUT2D eigenvalue weighted by molar-refractivity contribution is -0.132. The van der Waals surface area contributed by atoms with Crippen molar-refractivity contribution in [2.45, 2.75) is 26.3 Å². The van der Waals surface area contributed by atoms with Gasteiger partial charge < -0.3 is 19.5 Å². The summed E-state index contributed by atoms with van der Waals surface area (Å²) in [7, 11) is 0. The topological polar surface area (TPSA) is 63.6 Å². The highest BCUT2D eigenvalue weighted by Gasteiger charge is 2.16. The molecule has 0 bridgehead atoms. The van der Waals surface area contributed by atoms with E-state index in [0.29, 0.717) is 25.3 Å². The van der Waals surface area contributed by atoms with Gasteiger partial charge in [0.25, 0.3) is 5.56 Å². The number of amides is 1. The average Bonchev–Trinajstić information content (AvgIpc) is 2.53. The number of nitrogens with zero attached hydrogens (tertiary/aromatic N) is 2. The Kier molecular flexibility index (Phi) is 5.80. The van der Waals surface area contributed by atoms with Crippen LogP contribution >= 0.6 is 0 Å². The molecule has 0 atom stereocenters. The van der Waals surface area contributed by atoms with Crippen LogP contribution in [0.2, 0.25) is 0 Å². The van der Waals surface area contributed by atoms with E-state index in [1.165, 1.54) is 0 Å². The summed E-state index contributed by atoms with van der Waals surface area (Å²) in [6.07, 6.45) is 2.90. The van der Waals surface area contributed by atoms with Crippen molar-refractivity contribution in [1.29, 1.82) is 0 Å². The van der Waals surface area contributed by atoms with Gasteiger partial charge in [0.15, 0.2) is 5.75 Å². The molecule has 21 heavy (non-hydrogen) atoms. The van der Waals surface area contributed by atoms with Crippen molar-refractivity contribution in [2.75, 3.05) is 32.8 Å². The molecule has 0 radical (unpaired) electrons. The van der Waals surface area contributed by atoms with Gasteiger partial charge >= 0.3 is 0 Å². The van der Waals surface area contributed by atoms with E-state index >= 15 is 0 Å². The molecule has 6 heteroatoms. The third kappa shape index (κ3) is 4.32. The van der Waals surface area contributed by atoms with Gasteiger partial charge in [-0.1, -0.05) is 6.92 Å². The molecule has 1 N–H and O–H groups in total. The van der Waals surface area contributed by atoms with Gasteiger partial charge in [0, 0.05) is 45.3 Å². The van der Waals surface area contributed by atoms with Gasteiger partial charge in [-0.15, -0.1) is 0 Å². The van der Waals surface area contributed by atoms with Gasteiger partial charge in [0.05, 0.1) is 6.61 Å². The fourth-order valence-corrected chi connectivity index (χ4v) is 2.30. The van der Waals surface area contributed by atoms with Crippen molar-refractivity contribution >= 4 is 5.91 Å². The van der Waals surface area contributed by atoms with Crippen LogP contribution in [0.25, 0.3) is 0 Å². The zero-order valence-electron chi connectivity index (χ0n) is 12.5. The number of aromatic nitrogens is 1. The molecule has 0 unspecified atom stereocenters. The Balaban J connectivity index is 1.93. The Hall–Kier alpha value is -1.82. The summed E-state index contributed by atoms with van der Waals surface area (Å²) < 4.78 is 6.96. The molecule has 1 saturated heterocycles. The largest absolute Gasteiger partial charge is 0.488 e. The van der Waals surface area contributed by atoms with Gasteiger partial charge in [0.2, 0.25) is 5.91 Å². The van der Waals surface area contributed by atoms with E-state index in [9.17, 15) is 9.59 Å². The molecule has 2 rings (SSSR count). The number of pyridine rings is 1. The molecule has 0 aromatic carbocycles. The van der Waals surface area contributed by atoms with Crippen molar-refractivity contribution in [1.82, 2.24) is 14.8 Å². The molecule has 1 aliphatic heterocycles. The van der Waals surface area contributed by atoms with Crippen LogP contribution in [-0.4, -0.2) is 48.2 Å². The second-order valence-corrected chi connectivity index (χ2v) is 5.10. The molecule has 1 aromatic rings. The van der Waals surface area contributed by atoms with Gasteiger partial charge in [0.1, 0.15) is 0 Å². The highest BCUT2D eigenvalue weighted by molar-refractivity contribution is 5.76. The predicted octanol–water partition coefficient (Wildman–Crippen LogP) is 0.459. The van der Waals surface area contributed by atoms with Crippen LogP contribution in [0, 0.1) is 0 Å². The number of hydrogen-bond acceptors (Lipinski definition) is 4. The average molecular weight is 293 g/mol. The van der Waals surface area contributed by atoms with Crippen LogP contribution in [0.5, 0.6) is 5.75 Å². The number of rotatable bonds is 6. The second kappa shape index (κ2) is 7.83. The van der Waals surface area contributed by atoms with Gasteiger partial charge in [-0.05, 0) is 18.6 Å². The summed E-state index contributed by atoms with van der Waals surface area (Å²) in [6.45, 7) is 6.08. The maximum absolute atomic E-state index is 12.2. The van der Waals surface area contributed by atoms with Crippen LogP contribution in [0.3, 0.4) is 0 Å². The standard InChI is InChI=1S/C15H23N3O3/c1-2-12-21-13-4-3-8-18(15(13)20)9-5-14(19)17-10-6-16-7-11-17/h3-4,8,16H,2,5-7,9-12H2,1H3. The van der Waals surface area contributed by atoms with E-state index in [-0.39, 0.29) is 11.5 Å². The van der Waals surface area contributed by atoms with Gasteiger partial charge in [-0.25, -0.2) is 0 Å². The smallest absolute Gasteiger partial charge is 0.292 e. The number of carbonyl (C=O) groups is 1. The maximum atomic E-state index is 12.2. The molecule has 0 saturated carbocycles. The van der Waals surface area contributed by atoms with Crippen LogP contribution < -0.4 is 15.6 Å². The summed E-state index contributed by atoms with van der Waals surface area (Å²) in [5.41, 5.74) is -0.168. The zero-order valence-corrected chi connectivity index (χ0v) is 12.5. The molecule has 1 aromatic heterocycles. The molecule has 6 nitrogen and oxygen atoms in total. The lowest BCUT2D eigenvalue weighted by Crippen LogP contribution is -2.46. The van der Waals surface area contributed by atoms with E-state index in [2.05, 4.69) is 5.32 Å². The SMILES string of the molecule is CCCOc1cccn(CCC(=O)N2CCNCC2)c1=O. The minimum absolute atomic E-state index is 0.100. The molecule has 1 fully saturated rings. The van der Waals surface area contributed by atoms with Gasteiger partial charge in [-0.2, -0.15) is 0 Å². The molecule has 0 aliphatic carbocycles. The first-order chi connectivity index (χ1) is 10.2. The highest BCUT2D eigenvalue weighted by Crippen LogP contribution is 2.04.